The minimum absolute atomic E-state index is 0.00735. The summed E-state index contributed by atoms with van der Waals surface area (Å²) in [6, 6.07) is 1.74. The van der Waals surface area contributed by atoms with Gasteiger partial charge in [0.2, 0.25) is 0 Å². The second-order valence-corrected chi connectivity index (χ2v) is 3.13. The van der Waals surface area contributed by atoms with Gasteiger partial charge in [0.25, 0.3) is 0 Å². The lowest BCUT2D eigenvalue weighted by atomic mass is 10.2. The number of carbonyl (C=O) groups excluding carboxylic acids is 1. The average molecular weight is 245 g/mol. The molecule has 0 aliphatic carbocycles. The minimum Gasteiger partial charge on any atom is -0.486 e. The summed E-state index contributed by atoms with van der Waals surface area (Å²) in [7, 11) is 0. The number of hydrogen-bond acceptors (Lipinski definition) is 4. The van der Waals surface area contributed by atoms with E-state index in [1.54, 1.807) is 6.92 Å². The van der Waals surface area contributed by atoms with Crippen LogP contribution in [0.5, 0.6) is 5.75 Å². The van der Waals surface area contributed by atoms with E-state index >= 15 is 0 Å². The fraction of sp³-hybridized carbons (Fsp3) is 0.364. The highest BCUT2D eigenvalue weighted by Crippen LogP contribution is 2.23. The lowest BCUT2D eigenvalue weighted by Crippen LogP contribution is -2.13. The van der Waals surface area contributed by atoms with Crippen LogP contribution < -0.4 is 10.5 Å². The molecule has 0 aliphatic rings. The van der Waals surface area contributed by atoms with Gasteiger partial charge in [-0.25, -0.2) is 13.6 Å². The van der Waals surface area contributed by atoms with Crippen LogP contribution in [0.25, 0.3) is 0 Å². The van der Waals surface area contributed by atoms with E-state index in [0.29, 0.717) is 0 Å². The Morgan fingerprint density at radius 1 is 1.35 bits per heavy atom. The van der Waals surface area contributed by atoms with Gasteiger partial charge in [0.1, 0.15) is 6.61 Å². The number of halogens is 2. The standard InChI is InChI=1S/C11H13F2NO3/c1-2-16-11(15)7-5-8(12)10(9(13)6-7)17-4-3-14/h5-6H,2-4,14H2,1H3. The monoisotopic (exact) mass is 245 g/mol. The average Bonchev–Trinajstić information content (AvgIpc) is 2.28. The molecule has 4 nitrogen and oxygen atoms in total. The molecule has 94 valence electrons. The highest BCUT2D eigenvalue weighted by molar-refractivity contribution is 5.89. The molecule has 2 N–H and O–H groups in total. The molecule has 0 amide bonds. The SMILES string of the molecule is CCOC(=O)c1cc(F)c(OCCN)c(F)c1. The summed E-state index contributed by atoms with van der Waals surface area (Å²) in [5.74, 6) is -3.23. The minimum atomic E-state index is -0.957. The molecular weight excluding hydrogens is 232 g/mol. The van der Waals surface area contributed by atoms with E-state index in [1.807, 2.05) is 0 Å². The van der Waals surface area contributed by atoms with E-state index in [2.05, 4.69) is 4.74 Å². The zero-order valence-corrected chi connectivity index (χ0v) is 9.33. The van der Waals surface area contributed by atoms with E-state index in [-0.39, 0.29) is 25.3 Å². The predicted octanol–water partition coefficient (Wildman–Crippen LogP) is 1.48. The summed E-state index contributed by atoms with van der Waals surface area (Å²) in [6.45, 7) is 1.86. The Balaban J connectivity index is 2.96. The van der Waals surface area contributed by atoms with Crippen molar-refractivity contribution in [2.75, 3.05) is 19.8 Å². The molecule has 0 spiro atoms. The molecule has 0 aliphatic heterocycles. The lowest BCUT2D eigenvalue weighted by molar-refractivity contribution is 0.0525. The number of benzene rings is 1. The Kier molecular flexibility index (Phi) is 4.84. The van der Waals surface area contributed by atoms with Crippen molar-refractivity contribution >= 4 is 5.97 Å². The maximum absolute atomic E-state index is 13.4. The van der Waals surface area contributed by atoms with E-state index in [9.17, 15) is 13.6 Å². The Morgan fingerprint density at radius 2 is 1.94 bits per heavy atom. The maximum atomic E-state index is 13.4. The van der Waals surface area contributed by atoms with Crippen molar-refractivity contribution in [3.63, 3.8) is 0 Å². The fourth-order valence-electron chi connectivity index (χ4n) is 1.19. The van der Waals surface area contributed by atoms with Crippen molar-refractivity contribution in [1.82, 2.24) is 0 Å². The summed E-state index contributed by atoms with van der Waals surface area (Å²) in [6.07, 6.45) is 0. The molecule has 0 saturated heterocycles. The first-order valence-electron chi connectivity index (χ1n) is 5.09. The van der Waals surface area contributed by atoms with Crippen LogP contribution in [0.1, 0.15) is 17.3 Å². The van der Waals surface area contributed by atoms with E-state index in [1.165, 1.54) is 0 Å². The zero-order chi connectivity index (χ0) is 12.8. The van der Waals surface area contributed by atoms with Crippen LogP contribution in [-0.2, 0) is 4.74 Å². The number of carbonyl (C=O) groups is 1. The molecular formula is C11H13F2NO3. The highest BCUT2D eigenvalue weighted by Gasteiger charge is 2.16. The molecule has 0 radical (unpaired) electrons. The Labute approximate surface area is 97.3 Å². The van der Waals surface area contributed by atoms with Crippen LogP contribution in [-0.4, -0.2) is 25.7 Å². The molecule has 0 saturated carbocycles. The molecule has 0 fully saturated rings. The third-order valence-corrected chi connectivity index (χ3v) is 1.87. The summed E-state index contributed by atoms with van der Waals surface area (Å²) < 4.78 is 36.3. The second kappa shape index (κ2) is 6.15. The first-order valence-corrected chi connectivity index (χ1v) is 5.09. The normalized spacial score (nSPS) is 10.1. The molecule has 0 atom stereocenters. The van der Waals surface area contributed by atoms with E-state index in [0.717, 1.165) is 12.1 Å². The van der Waals surface area contributed by atoms with Gasteiger partial charge in [0.05, 0.1) is 12.2 Å². The predicted molar refractivity (Wildman–Crippen MR) is 56.9 cm³/mol. The summed E-state index contributed by atoms with van der Waals surface area (Å²) in [5.41, 5.74) is 4.96. The van der Waals surface area contributed by atoms with Crippen LogP contribution >= 0.6 is 0 Å². The largest absolute Gasteiger partial charge is 0.486 e. The van der Waals surface area contributed by atoms with Crippen molar-refractivity contribution in [3.8, 4) is 5.75 Å². The molecule has 0 bridgehead atoms. The molecule has 6 heteroatoms. The number of nitrogens with two attached hydrogens (primary N) is 1. The first-order chi connectivity index (χ1) is 8.10. The van der Waals surface area contributed by atoms with Gasteiger partial charge in [0.15, 0.2) is 17.4 Å². The topological polar surface area (TPSA) is 61.5 Å². The fourth-order valence-corrected chi connectivity index (χ4v) is 1.19. The molecule has 1 rings (SSSR count). The number of hydrogen-bond donors (Lipinski definition) is 1. The van der Waals surface area contributed by atoms with Crippen LogP contribution in [0.2, 0.25) is 0 Å². The van der Waals surface area contributed by atoms with Gasteiger partial charge in [-0.05, 0) is 19.1 Å². The van der Waals surface area contributed by atoms with Gasteiger partial charge in [-0.15, -0.1) is 0 Å². The van der Waals surface area contributed by atoms with Gasteiger partial charge in [0, 0.05) is 6.54 Å². The molecule has 0 aromatic heterocycles. The Bertz CT molecular complexity index is 387. The first kappa shape index (κ1) is 13.4. The Hall–Kier alpha value is -1.69. The van der Waals surface area contributed by atoms with Gasteiger partial charge >= 0.3 is 5.97 Å². The lowest BCUT2D eigenvalue weighted by Gasteiger charge is -2.08. The zero-order valence-electron chi connectivity index (χ0n) is 9.33. The molecule has 1 aromatic carbocycles. The number of esters is 1. The van der Waals surface area contributed by atoms with Crippen molar-refractivity contribution in [1.29, 1.82) is 0 Å². The van der Waals surface area contributed by atoms with Crippen LogP contribution in [0.15, 0.2) is 12.1 Å². The van der Waals surface area contributed by atoms with Crippen molar-refractivity contribution in [2.24, 2.45) is 5.73 Å². The number of ether oxygens (including phenoxy) is 2. The Morgan fingerprint density at radius 3 is 2.41 bits per heavy atom. The van der Waals surface area contributed by atoms with Gasteiger partial charge in [-0.2, -0.15) is 0 Å². The van der Waals surface area contributed by atoms with Crippen LogP contribution in [0.4, 0.5) is 8.78 Å². The van der Waals surface area contributed by atoms with Crippen molar-refractivity contribution in [3.05, 3.63) is 29.3 Å². The van der Waals surface area contributed by atoms with Gasteiger partial charge in [-0.3, -0.25) is 0 Å². The van der Waals surface area contributed by atoms with E-state index < -0.39 is 23.4 Å². The van der Waals surface area contributed by atoms with Crippen LogP contribution in [0, 0.1) is 11.6 Å². The van der Waals surface area contributed by atoms with Crippen molar-refractivity contribution in [2.45, 2.75) is 6.92 Å². The summed E-state index contributed by atoms with van der Waals surface area (Å²) in [5, 5.41) is 0. The maximum Gasteiger partial charge on any atom is 0.338 e. The second-order valence-electron chi connectivity index (χ2n) is 3.13. The molecule has 0 unspecified atom stereocenters. The summed E-state index contributed by atoms with van der Waals surface area (Å²) in [4.78, 5) is 11.3. The smallest absolute Gasteiger partial charge is 0.338 e. The van der Waals surface area contributed by atoms with Gasteiger partial charge in [-0.1, -0.05) is 0 Å². The quantitative estimate of drug-likeness (QED) is 0.798. The van der Waals surface area contributed by atoms with Gasteiger partial charge < -0.3 is 15.2 Å². The third kappa shape index (κ3) is 3.39. The molecule has 1 aromatic rings. The third-order valence-electron chi connectivity index (χ3n) is 1.87. The van der Waals surface area contributed by atoms with E-state index in [4.69, 9.17) is 10.5 Å². The van der Waals surface area contributed by atoms with Crippen molar-refractivity contribution < 1.29 is 23.0 Å². The number of rotatable bonds is 5. The molecule has 0 heterocycles. The van der Waals surface area contributed by atoms with Crippen LogP contribution in [0.3, 0.4) is 0 Å². The summed E-state index contributed by atoms with van der Waals surface area (Å²) >= 11 is 0. The highest BCUT2D eigenvalue weighted by atomic mass is 19.1. The molecule has 17 heavy (non-hydrogen) atoms.